The molecule has 0 bridgehead atoms. The number of hydrogen-bond donors (Lipinski definition) is 1. The third-order valence-corrected chi connectivity index (χ3v) is 9.01. The van der Waals surface area contributed by atoms with Crippen LogP contribution in [0.4, 0.5) is 5.69 Å². The van der Waals surface area contributed by atoms with Crippen molar-refractivity contribution in [2.75, 3.05) is 5.32 Å². The van der Waals surface area contributed by atoms with Gasteiger partial charge < -0.3 is 15.0 Å². The Morgan fingerprint density at radius 2 is 1.51 bits per heavy atom. The molecule has 0 radical (unpaired) electrons. The topological polar surface area (TPSA) is 75.7 Å². The number of nitrogens with one attached hydrogen (secondary N) is 1. The number of hydrogen-bond acceptors (Lipinski definition) is 5. The van der Waals surface area contributed by atoms with Crippen LogP contribution in [-0.2, 0) is 10.2 Å². The van der Waals surface area contributed by atoms with Crippen molar-refractivity contribution in [3.05, 3.63) is 136 Å². The van der Waals surface area contributed by atoms with Crippen molar-refractivity contribution in [1.29, 1.82) is 0 Å². The van der Waals surface area contributed by atoms with E-state index in [0.717, 1.165) is 11.1 Å². The zero-order valence-corrected chi connectivity index (χ0v) is 24.4. The van der Waals surface area contributed by atoms with Gasteiger partial charge in [0.05, 0.1) is 18.1 Å². The first-order chi connectivity index (χ1) is 20.8. The molecular weight excluding hydrogens is 560 g/mol. The first-order valence-corrected chi connectivity index (χ1v) is 14.7. The molecule has 1 amide bonds. The fourth-order valence-corrected chi connectivity index (χ4v) is 7.23. The standard InChI is InChI=1S/C36H29ClN2O4/c1-21(2)43-26-17-13-23(14-18-26)32(40)30-31(33(41)24-11-15-25(37)16-12-24)39-20-19-22-7-3-4-8-27(22)34(39)36(30)28-9-5-6-10-29(28)38-35(36)42/h3-21,30-31,34H,1-2H3,(H,38,42)/t30-,31+,34+,36+/m0/s1. The number of nitrogens with zero attached hydrogens (tertiary/aromatic N) is 1. The highest BCUT2D eigenvalue weighted by atomic mass is 35.5. The maximum atomic E-state index is 14.9. The van der Waals surface area contributed by atoms with Crippen LogP contribution in [0.1, 0.15) is 57.3 Å². The number of amides is 1. The molecule has 6 nitrogen and oxygen atoms in total. The lowest BCUT2D eigenvalue weighted by atomic mass is 9.62. The maximum Gasteiger partial charge on any atom is 0.238 e. The summed E-state index contributed by atoms with van der Waals surface area (Å²) in [7, 11) is 0. The summed E-state index contributed by atoms with van der Waals surface area (Å²) in [6.45, 7) is 3.87. The molecule has 0 aliphatic carbocycles. The van der Waals surface area contributed by atoms with E-state index in [-0.39, 0.29) is 23.6 Å². The Morgan fingerprint density at radius 3 is 2.26 bits per heavy atom. The molecule has 0 aromatic heterocycles. The lowest BCUT2D eigenvalue weighted by Gasteiger charge is -2.38. The second kappa shape index (κ2) is 10.2. The third-order valence-electron chi connectivity index (χ3n) is 8.76. The van der Waals surface area contributed by atoms with E-state index in [1.807, 2.05) is 79.6 Å². The van der Waals surface area contributed by atoms with Gasteiger partial charge in [-0.05, 0) is 91.2 Å². The molecule has 4 atom stereocenters. The first-order valence-electron chi connectivity index (χ1n) is 14.4. The van der Waals surface area contributed by atoms with Gasteiger partial charge in [0.15, 0.2) is 11.6 Å². The molecule has 7 heteroatoms. The predicted molar refractivity (Wildman–Crippen MR) is 166 cm³/mol. The molecule has 1 N–H and O–H groups in total. The monoisotopic (exact) mass is 588 g/mol. The quantitative estimate of drug-likeness (QED) is 0.243. The molecule has 1 fully saturated rings. The van der Waals surface area contributed by atoms with Crippen LogP contribution >= 0.6 is 11.6 Å². The molecule has 43 heavy (non-hydrogen) atoms. The van der Waals surface area contributed by atoms with Gasteiger partial charge in [0, 0.05) is 28.0 Å². The minimum Gasteiger partial charge on any atom is -0.491 e. The third kappa shape index (κ3) is 4.12. The zero-order chi connectivity index (χ0) is 29.9. The number of fused-ring (bicyclic) bond motifs is 6. The molecule has 3 aliphatic rings. The summed E-state index contributed by atoms with van der Waals surface area (Å²) in [6.07, 6.45) is 3.79. The summed E-state index contributed by atoms with van der Waals surface area (Å²) in [4.78, 5) is 45.9. The molecule has 1 spiro atoms. The van der Waals surface area contributed by atoms with Crippen LogP contribution in [0, 0.1) is 5.92 Å². The normalized spacial score (nSPS) is 23.1. The van der Waals surface area contributed by atoms with Crippen LogP contribution in [0.5, 0.6) is 5.75 Å². The van der Waals surface area contributed by atoms with E-state index >= 15 is 0 Å². The summed E-state index contributed by atoms with van der Waals surface area (Å²) in [5.41, 5.74) is 2.64. The molecule has 214 valence electrons. The second-order valence-electron chi connectivity index (χ2n) is 11.5. The van der Waals surface area contributed by atoms with E-state index in [1.165, 1.54) is 0 Å². The zero-order valence-electron chi connectivity index (χ0n) is 23.7. The van der Waals surface area contributed by atoms with Crippen molar-refractivity contribution in [3.63, 3.8) is 0 Å². The average molecular weight is 589 g/mol. The number of anilines is 1. The molecule has 1 saturated heterocycles. The van der Waals surface area contributed by atoms with Crippen molar-refractivity contribution < 1.29 is 19.1 Å². The average Bonchev–Trinajstić information content (AvgIpc) is 3.49. The summed E-state index contributed by atoms with van der Waals surface area (Å²) in [5, 5.41) is 3.58. The van der Waals surface area contributed by atoms with Crippen LogP contribution < -0.4 is 10.1 Å². The summed E-state index contributed by atoms with van der Waals surface area (Å²) in [6, 6.07) is 27.4. The van der Waals surface area contributed by atoms with Gasteiger partial charge in [0.2, 0.25) is 5.91 Å². The predicted octanol–water partition coefficient (Wildman–Crippen LogP) is 7.11. The van der Waals surface area contributed by atoms with Gasteiger partial charge in [-0.15, -0.1) is 0 Å². The number of rotatable bonds is 6. The molecule has 3 heterocycles. The van der Waals surface area contributed by atoms with Gasteiger partial charge in [0.1, 0.15) is 17.2 Å². The van der Waals surface area contributed by atoms with Crippen LogP contribution in [0.25, 0.3) is 6.08 Å². The molecule has 4 aromatic rings. The number of carbonyl (C=O) groups is 3. The van der Waals surface area contributed by atoms with Gasteiger partial charge in [-0.3, -0.25) is 14.4 Å². The van der Waals surface area contributed by atoms with Crippen LogP contribution in [0.15, 0.2) is 103 Å². The smallest absolute Gasteiger partial charge is 0.238 e. The number of Topliss-reactive ketones (excluding diaryl/α,β-unsaturated/α-hetero) is 2. The molecule has 7 rings (SSSR count). The Kier molecular flexibility index (Phi) is 6.47. The van der Waals surface area contributed by atoms with Gasteiger partial charge in [0.25, 0.3) is 0 Å². The van der Waals surface area contributed by atoms with Crippen molar-refractivity contribution in [1.82, 2.24) is 4.90 Å². The molecule has 3 aliphatic heterocycles. The number of halogens is 1. The highest BCUT2D eigenvalue weighted by molar-refractivity contribution is 6.30. The molecule has 0 unspecified atom stereocenters. The van der Waals surface area contributed by atoms with Crippen LogP contribution in [0.2, 0.25) is 5.02 Å². The number of carbonyl (C=O) groups excluding carboxylic acids is 3. The number of ketones is 2. The lowest BCUT2D eigenvalue weighted by Crippen LogP contribution is -2.49. The summed E-state index contributed by atoms with van der Waals surface area (Å²) >= 11 is 6.17. The van der Waals surface area contributed by atoms with Crippen molar-refractivity contribution in [3.8, 4) is 5.75 Å². The van der Waals surface area contributed by atoms with E-state index in [4.69, 9.17) is 16.3 Å². The van der Waals surface area contributed by atoms with Crippen LogP contribution in [-0.4, -0.2) is 34.5 Å². The Bertz CT molecular complexity index is 1800. The van der Waals surface area contributed by atoms with Crippen molar-refractivity contribution >= 4 is 40.8 Å². The lowest BCUT2D eigenvalue weighted by molar-refractivity contribution is -0.122. The largest absolute Gasteiger partial charge is 0.491 e. The SMILES string of the molecule is CC(C)Oc1ccc(C(=O)[C@@H]2[C@H](C(=O)c3ccc(Cl)cc3)N3C=Cc4ccccc4[C@@H]3[C@]23C(=O)Nc2ccccc23)cc1. The number of para-hydroxylation sites is 1. The number of ether oxygens (including phenoxy) is 1. The second-order valence-corrected chi connectivity index (χ2v) is 11.9. The van der Waals surface area contributed by atoms with Crippen LogP contribution in [0.3, 0.4) is 0 Å². The van der Waals surface area contributed by atoms with Crippen molar-refractivity contribution in [2.45, 2.75) is 37.5 Å². The van der Waals surface area contributed by atoms with Gasteiger partial charge in [-0.1, -0.05) is 54.1 Å². The van der Waals surface area contributed by atoms with E-state index < -0.39 is 23.4 Å². The minimum atomic E-state index is -1.38. The minimum absolute atomic E-state index is 0.0255. The fraction of sp³-hybridized carbons (Fsp3) is 0.194. The van der Waals surface area contributed by atoms with Gasteiger partial charge in [-0.25, -0.2) is 0 Å². The van der Waals surface area contributed by atoms with Gasteiger partial charge >= 0.3 is 0 Å². The summed E-state index contributed by atoms with van der Waals surface area (Å²) < 4.78 is 5.82. The molecule has 4 aromatic carbocycles. The first kappa shape index (κ1) is 27.2. The highest BCUT2D eigenvalue weighted by Gasteiger charge is 2.70. The van der Waals surface area contributed by atoms with E-state index in [0.29, 0.717) is 33.1 Å². The number of benzene rings is 4. The maximum absolute atomic E-state index is 14.9. The Morgan fingerprint density at radius 1 is 0.860 bits per heavy atom. The van der Waals surface area contributed by atoms with E-state index in [9.17, 15) is 14.4 Å². The summed E-state index contributed by atoms with van der Waals surface area (Å²) in [5.74, 6) is -1.23. The molecular formula is C36H29ClN2O4. The molecule has 0 saturated carbocycles. The fourth-order valence-electron chi connectivity index (χ4n) is 7.10. The Labute approximate surface area is 254 Å². The van der Waals surface area contributed by atoms with Gasteiger partial charge in [-0.2, -0.15) is 0 Å². The highest BCUT2D eigenvalue weighted by Crippen LogP contribution is 2.62. The Hall–Kier alpha value is -4.68. The Balaban J connectivity index is 1.48. The van der Waals surface area contributed by atoms with Crippen molar-refractivity contribution in [2.24, 2.45) is 5.92 Å². The van der Waals surface area contributed by atoms with E-state index in [2.05, 4.69) is 5.32 Å². The van der Waals surface area contributed by atoms with E-state index in [1.54, 1.807) is 48.5 Å².